The molecule has 3 nitrogen and oxygen atoms in total. The third-order valence-corrected chi connectivity index (χ3v) is 6.00. The van der Waals surface area contributed by atoms with Gasteiger partial charge in [0.1, 0.15) is 0 Å². The monoisotopic (exact) mass is 236 g/mol. The second kappa shape index (κ2) is 13.3. The summed E-state index contributed by atoms with van der Waals surface area (Å²) in [6, 6.07) is 4.37. The van der Waals surface area contributed by atoms with Crippen molar-refractivity contribution >= 4 is 18.3 Å². The molecule has 0 aliphatic rings. The zero-order valence-electron chi connectivity index (χ0n) is 10.3. The van der Waals surface area contributed by atoms with Crippen LogP contribution in [0.2, 0.25) is 18.1 Å². The van der Waals surface area contributed by atoms with E-state index < -0.39 is 9.53 Å². The second-order valence-corrected chi connectivity index (χ2v) is 8.02. The summed E-state index contributed by atoms with van der Waals surface area (Å²) < 4.78 is 14.1. The van der Waals surface area contributed by atoms with Gasteiger partial charge in [-0.2, -0.15) is 0 Å². The minimum atomic E-state index is -1.36. The fraction of sp³-hybridized carbons (Fsp3) is 1.00. The normalized spacial score (nSPS) is 10.3. The van der Waals surface area contributed by atoms with Crippen molar-refractivity contribution in [3.05, 3.63) is 0 Å². The minimum absolute atomic E-state index is 0.137. The van der Waals surface area contributed by atoms with Gasteiger partial charge in [-0.15, -0.1) is 0 Å². The lowest BCUT2D eigenvalue weighted by Gasteiger charge is -2.02. The zero-order valence-corrected chi connectivity index (χ0v) is 12.3. The van der Waals surface area contributed by atoms with Crippen molar-refractivity contribution in [1.82, 2.24) is 0 Å². The van der Waals surface area contributed by atoms with E-state index in [-0.39, 0.29) is 8.80 Å². The molecule has 2 radical (unpaired) electrons. The van der Waals surface area contributed by atoms with Gasteiger partial charge < -0.3 is 13.3 Å². The molecule has 0 fully saturated rings. The summed E-state index contributed by atoms with van der Waals surface area (Å²) in [7, 11) is 3.45. The van der Waals surface area contributed by atoms with Crippen molar-refractivity contribution in [2.75, 3.05) is 21.3 Å². The van der Waals surface area contributed by atoms with Crippen LogP contribution in [0.1, 0.15) is 20.8 Å². The first kappa shape index (κ1) is 16.7. The maximum Gasteiger partial charge on any atom is 0.576 e. The third kappa shape index (κ3) is 10.4. The molecule has 0 N–H and O–H groups in total. The van der Waals surface area contributed by atoms with Crippen LogP contribution in [0.25, 0.3) is 0 Å². The smallest absolute Gasteiger partial charge is 0.375 e. The van der Waals surface area contributed by atoms with Crippen LogP contribution in [0.4, 0.5) is 0 Å². The highest BCUT2D eigenvalue weighted by Crippen LogP contribution is 2.01. The van der Waals surface area contributed by atoms with Crippen molar-refractivity contribution in [2.45, 2.75) is 38.9 Å². The molecule has 0 spiro atoms. The first-order valence-corrected chi connectivity index (χ1v) is 8.37. The molecule has 5 heteroatoms. The van der Waals surface area contributed by atoms with Gasteiger partial charge in [-0.3, -0.25) is 0 Å². The fourth-order valence-corrected chi connectivity index (χ4v) is 3.00. The van der Waals surface area contributed by atoms with Crippen molar-refractivity contribution in [3.63, 3.8) is 0 Å². The Hall–Kier alpha value is 0.314. The van der Waals surface area contributed by atoms with Gasteiger partial charge in [0.15, 0.2) is 0 Å². The molecule has 14 heavy (non-hydrogen) atoms. The highest BCUT2D eigenvalue weighted by molar-refractivity contribution is 6.58. The van der Waals surface area contributed by atoms with Gasteiger partial charge in [0, 0.05) is 30.1 Å². The Balaban J connectivity index is 0. The molecule has 0 aliphatic heterocycles. The predicted molar refractivity (Wildman–Crippen MR) is 64.0 cm³/mol. The van der Waals surface area contributed by atoms with Crippen molar-refractivity contribution in [3.8, 4) is 0 Å². The standard InChI is InChI=1S/C6H15Si.C3H9O3Si/c2*1-4-7(5-2)6-3/h4-6H2,1-3H3;1-3H3. The van der Waals surface area contributed by atoms with Crippen LogP contribution >= 0.6 is 0 Å². The van der Waals surface area contributed by atoms with E-state index in [9.17, 15) is 0 Å². The third-order valence-electron chi connectivity index (χ3n) is 2.00. The molecule has 0 atom stereocenters. The molecule has 0 aromatic heterocycles. The van der Waals surface area contributed by atoms with E-state index in [0.717, 1.165) is 0 Å². The van der Waals surface area contributed by atoms with Crippen molar-refractivity contribution in [2.24, 2.45) is 0 Å². The van der Waals surface area contributed by atoms with E-state index >= 15 is 0 Å². The topological polar surface area (TPSA) is 27.7 Å². The molecule has 0 aromatic carbocycles. The molecule has 0 rings (SSSR count). The quantitative estimate of drug-likeness (QED) is 0.663. The van der Waals surface area contributed by atoms with E-state index in [1.165, 1.54) is 18.1 Å². The Morgan fingerprint density at radius 2 is 1.00 bits per heavy atom. The highest BCUT2D eigenvalue weighted by atomic mass is 28.3. The Labute approximate surface area is 92.3 Å². The second-order valence-electron chi connectivity index (χ2n) is 2.67. The Morgan fingerprint density at radius 3 is 1.00 bits per heavy atom. The van der Waals surface area contributed by atoms with Gasteiger partial charge in [-0.1, -0.05) is 38.9 Å². The summed E-state index contributed by atoms with van der Waals surface area (Å²) in [6.07, 6.45) is 0. The average Bonchev–Trinajstić information content (AvgIpc) is 2.24. The van der Waals surface area contributed by atoms with Crippen LogP contribution in [0.5, 0.6) is 0 Å². The zero-order chi connectivity index (χ0) is 11.4. The Kier molecular flexibility index (Phi) is 15.9. The molecule has 0 unspecified atom stereocenters. The molecular weight excluding hydrogens is 212 g/mol. The fourth-order valence-electron chi connectivity index (χ4n) is 1.000. The largest absolute Gasteiger partial charge is 0.576 e. The lowest BCUT2D eigenvalue weighted by atomic mass is 10.9. The predicted octanol–water partition coefficient (Wildman–Crippen LogP) is 2.45. The molecule has 0 saturated carbocycles. The van der Waals surface area contributed by atoms with Gasteiger partial charge in [0.05, 0.1) is 0 Å². The number of rotatable bonds is 6. The summed E-state index contributed by atoms with van der Waals surface area (Å²) in [5.74, 6) is 0. The lowest BCUT2D eigenvalue weighted by Crippen LogP contribution is -2.21. The summed E-state index contributed by atoms with van der Waals surface area (Å²) in [6.45, 7) is 6.92. The van der Waals surface area contributed by atoms with Crippen LogP contribution in [0.3, 0.4) is 0 Å². The average molecular weight is 236 g/mol. The summed E-state index contributed by atoms with van der Waals surface area (Å²) in [5, 5.41) is 0. The number of hydrogen-bond donors (Lipinski definition) is 0. The van der Waals surface area contributed by atoms with Gasteiger partial charge in [0.2, 0.25) is 0 Å². The molecule has 0 saturated heterocycles. The first-order chi connectivity index (χ1) is 6.69. The van der Waals surface area contributed by atoms with Gasteiger partial charge in [-0.05, 0) is 0 Å². The first-order valence-electron chi connectivity index (χ1n) is 5.02. The summed E-state index contributed by atoms with van der Waals surface area (Å²) >= 11 is 0. The van der Waals surface area contributed by atoms with Crippen LogP contribution in [0.15, 0.2) is 0 Å². The van der Waals surface area contributed by atoms with E-state index in [1.54, 1.807) is 21.3 Å². The molecule has 0 aliphatic carbocycles. The maximum atomic E-state index is 4.71. The molecule has 0 amide bonds. The van der Waals surface area contributed by atoms with E-state index in [2.05, 4.69) is 20.8 Å². The highest BCUT2D eigenvalue weighted by Gasteiger charge is 2.09. The molecule has 0 heterocycles. The van der Waals surface area contributed by atoms with Gasteiger partial charge in [-0.25, -0.2) is 0 Å². The van der Waals surface area contributed by atoms with E-state index in [4.69, 9.17) is 13.3 Å². The van der Waals surface area contributed by atoms with Crippen LogP contribution in [0, 0.1) is 0 Å². The SMILES string of the molecule is CC[Si](CC)CC.CO[Si](OC)OC. The molecule has 0 aromatic rings. The lowest BCUT2D eigenvalue weighted by molar-refractivity contribution is 0.163. The van der Waals surface area contributed by atoms with Crippen LogP contribution < -0.4 is 0 Å². The van der Waals surface area contributed by atoms with Gasteiger partial charge >= 0.3 is 9.53 Å². The molecular formula is C9H24O3Si2. The van der Waals surface area contributed by atoms with E-state index in [1.807, 2.05) is 0 Å². The van der Waals surface area contributed by atoms with E-state index in [0.29, 0.717) is 0 Å². The van der Waals surface area contributed by atoms with Crippen molar-refractivity contribution < 1.29 is 13.3 Å². The Bertz CT molecular complexity index is 73.0. The summed E-state index contributed by atoms with van der Waals surface area (Å²) in [5.41, 5.74) is 0. The molecule has 86 valence electrons. The summed E-state index contributed by atoms with van der Waals surface area (Å²) in [4.78, 5) is 0. The number of hydrogen-bond acceptors (Lipinski definition) is 3. The van der Waals surface area contributed by atoms with Crippen LogP contribution in [-0.4, -0.2) is 39.7 Å². The Morgan fingerprint density at radius 1 is 0.714 bits per heavy atom. The van der Waals surface area contributed by atoms with Gasteiger partial charge in [0.25, 0.3) is 0 Å². The maximum absolute atomic E-state index is 4.71. The van der Waals surface area contributed by atoms with Crippen molar-refractivity contribution in [1.29, 1.82) is 0 Å². The molecule has 0 bridgehead atoms. The minimum Gasteiger partial charge on any atom is -0.375 e. The van der Waals surface area contributed by atoms with Crippen LogP contribution in [-0.2, 0) is 13.3 Å².